The van der Waals surface area contributed by atoms with Crippen molar-refractivity contribution >= 4 is 6.41 Å². The van der Waals surface area contributed by atoms with Gasteiger partial charge in [-0.25, -0.2) is 0 Å². The van der Waals surface area contributed by atoms with Crippen molar-refractivity contribution in [1.29, 1.82) is 0 Å². The molecule has 1 heterocycles. The van der Waals surface area contributed by atoms with Crippen LogP contribution in [0.4, 0.5) is 0 Å². The molecule has 10 heavy (non-hydrogen) atoms. The zero-order chi connectivity index (χ0) is 6.97. The third kappa shape index (κ3) is 0.746. The molecule has 1 aliphatic carbocycles. The lowest BCUT2D eigenvalue weighted by molar-refractivity contribution is -0.118. The summed E-state index contributed by atoms with van der Waals surface area (Å²) in [5, 5.41) is 0. The average molecular weight is 139 g/mol. The van der Waals surface area contributed by atoms with Crippen LogP contribution in [-0.4, -0.2) is 23.9 Å². The van der Waals surface area contributed by atoms with Gasteiger partial charge in [0.2, 0.25) is 6.41 Å². The number of rotatable bonds is 1. The Bertz CT molecular complexity index is 146. The Balaban J connectivity index is 2.07. The zero-order valence-electron chi connectivity index (χ0n) is 6.12. The van der Waals surface area contributed by atoms with Crippen LogP contribution in [0.2, 0.25) is 0 Å². The van der Waals surface area contributed by atoms with Crippen molar-refractivity contribution in [1.82, 2.24) is 4.90 Å². The lowest BCUT2D eigenvalue weighted by Gasteiger charge is -2.17. The van der Waals surface area contributed by atoms with E-state index >= 15 is 0 Å². The van der Waals surface area contributed by atoms with Crippen LogP contribution >= 0.6 is 0 Å². The molecule has 2 heteroatoms. The summed E-state index contributed by atoms with van der Waals surface area (Å²) < 4.78 is 0. The minimum Gasteiger partial charge on any atom is -0.342 e. The first-order valence-electron chi connectivity index (χ1n) is 4.13. The molecule has 1 aliphatic heterocycles. The van der Waals surface area contributed by atoms with E-state index in [0.29, 0.717) is 6.04 Å². The Morgan fingerprint density at radius 3 is 3.00 bits per heavy atom. The predicted octanol–water partition coefficient (Wildman–Crippen LogP) is 1.02. The number of hydrogen-bond donors (Lipinski definition) is 0. The quantitative estimate of drug-likeness (QED) is 0.497. The molecule has 0 spiro atoms. The summed E-state index contributed by atoms with van der Waals surface area (Å²) in [7, 11) is 0. The molecule has 0 bridgehead atoms. The number of carbonyl (C=O) groups excluding carboxylic acids is 1. The normalized spacial score (nSPS) is 38.2. The van der Waals surface area contributed by atoms with Crippen molar-refractivity contribution in [3.8, 4) is 0 Å². The Morgan fingerprint density at radius 1 is 1.30 bits per heavy atom. The van der Waals surface area contributed by atoms with E-state index in [0.717, 1.165) is 18.9 Å². The van der Waals surface area contributed by atoms with E-state index in [1.165, 1.54) is 25.7 Å². The molecule has 2 nitrogen and oxygen atoms in total. The second-order valence-electron chi connectivity index (χ2n) is 3.39. The van der Waals surface area contributed by atoms with Gasteiger partial charge in [-0.3, -0.25) is 4.79 Å². The molecular formula is C8H13NO. The van der Waals surface area contributed by atoms with Gasteiger partial charge in [0.1, 0.15) is 0 Å². The van der Waals surface area contributed by atoms with E-state index in [-0.39, 0.29) is 0 Å². The Labute approximate surface area is 61.2 Å². The first-order chi connectivity index (χ1) is 4.92. The maximum absolute atomic E-state index is 10.5. The summed E-state index contributed by atoms with van der Waals surface area (Å²) in [6.07, 6.45) is 6.22. The topological polar surface area (TPSA) is 20.3 Å². The molecule has 1 saturated carbocycles. The summed E-state index contributed by atoms with van der Waals surface area (Å²) in [4.78, 5) is 12.5. The van der Waals surface area contributed by atoms with Gasteiger partial charge in [0.05, 0.1) is 0 Å². The highest BCUT2D eigenvalue weighted by molar-refractivity contribution is 5.48. The van der Waals surface area contributed by atoms with Crippen LogP contribution in [0, 0.1) is 5.92 Å². The number of hydrogen-bond acceptors (Lipinski definition) is 1. The van der Waals surface area contributed by atoms with Crippen molar-refractivity contribution in [2.24, 2.45) is 5.92 Å². The third-order valence-corrected chi connectivity index (χ3v) is 2.94. The standard InChI is InChI=1S/C8H13NO/c10-6-9-5-4-7-2-1-3-8(7)9/h6-8H,1-5H2. The van der Waals surface area contributed by atoms with Gasteiger partial charge in [0, 0.05) is 12.6 Å². The lowest BCUT2D eigenvalue weighted by atomic mass is 10.1. The fourth-order valence-electron chi connectivity index (χ4n) is 2.40. The van der Waals surface area contributed by atoms with Crippen molar-refractivity contribution in [3.05, 3.63) is 0 Å². The van der Waals surface area contributed by atoms with Crippen LogP contribution < -0.4 is 0 Å². The molecule has 1 amide bonds. The largest absolute Gasteiger partial charge is 0.342 e. The third-order valence-electron chi connectivity index (χ3n) is 2.94. The number of nitrogens with zero attached hydrogens (tertiary/aromatic N) is 1. The summed E-state index contributed by atoms with van der Waals surface area (Å²) in [6, 6.07) is 0.623. The molecule has 0 N–H and O–H groups in total. The number of likely N-dealkylation sites (tertiary alicyclic amines) is 1. The summed E-state index contributed by atoms with van der Waals surface area (Å²) in [5.74, 6) is 0.852. The zero-order valence-corrected chi connectivity index (χ0v) is 6.12. The van der Waals surface area contributed by atoms with Crippen LogP contribution in [0.25, 0.3) is 0 Å². The van der Waals surface area contributed by atoms with E-state index in [1.807, 2.05) is 4.90 Å². The second-order valence-corrected chi connectivity index (χ2v) is 3.39. The monoisotopic (exact) mass is 139 g/mol. The molecule has 2 aliphatic rings. The van der Waals surface area contributed by atoms with Gasteiger partial charge >= 0.3 is 0 Å². The fourth-order valence-corrected chi connectivity index (χ4v) is 2.40. The maximum Gasteiger partial charge on any atom is 0.209 e. The summed E-state index contributed by atoms with van der Waals surface area (Å²) >= 11 is 0. The van der Waals surface area contributed by atoms with Gasteiger partial charge in [0.15, 0.2) is 0 Å². The summed E-state index contributed by atoms with van der Waals surface area (Å²) in [5.41, 5.74) is 0. The van der Waals surface area contributed by atoms with Crippen LogP contribution in [0.15, 0.2) is 0 Å². The smallest absolute Gasteiger partial charge is 0.209 e. The Hall–Kier alpha value is -0.530. The number of fused-ring (bicyclic) bond motifs is 1. The minimum absolute atomic E-state index is 0.623. The minimum atomic E-state index is 0.623. The van der Waals surface area contributed by atoms with Gasteiger partial charge in [-0.15, -0.1) is 0 Å². The van der Waals surface area contributed by atoms with Gasteiger partial charge in [0.25, 0.3) is 0 Å². The molecule has 56 valence electrons. The van der Waals surface area contributed by atoms with Crippen molar-refractivity contribution in [2.45, 2.75) is 31.7 Å². The van der Waals surface area contributed by atoms with Crippen molar-refractivity contribution in [3.63, 3.8) is 0 Å². The van der Waals surface area contributed by atoms with Crippen molar-refractivity contribution < 1.29 is 4.79 Å². The lowest BCUT2D eigenvalue weighted by Crippen LogP contribution is -2.28. The van der Waals surface area contributed by atoms with E-state index in [1.54, 1.807) is 0 Å². The highest BCUT2D eigenvalue weighted by atomic mass is 16.1. The average Bonchev–Trinajstić information content (AvgIpc) is 2.44. The highest BCUT2D eigenvalue weighted by Gasteiger charge is 2.36. The molecule has 0 aromatic rings. The van der Waals surface area contributed by atoms with Crippen LogP contribution in [0.5, 0.6) is 0 Å². The van der Waals surface area contributed by atoms with E-state index in [9.17, 15) is 4.79 Å². The molecule has 2 fully saturated rings. The first-order valence-corrected chi connectivity index (χ1v) is 4.13. The van der Waals surface area contributed by atoms with Gasteiger partial charge < -0.3 is 4.90 Å². The Kier molecular flexibility index (Phi) is 1.40. The molecule has 1 saturated heterocycles. The van der Waals surface area contributed by atoms with Gasteiger partial charge in [-0.05, 0) is 25.2 Å². The molecule has 2 rings (SSSR count). The van der Waals surface area contributed by atoms with E-state index in [4.69, 9.17) is 0 Å². The van der Waals surface area contributed by atoms with Crippen LogP contribution in [0.3, 0.4) is 0 Å². The molecule has 0 aromatic carbocycles. The molecular weight excluding hydrogens is 126 g/mol. The predicted molar refractivity (Wildman–Crippen MR) is 38.5 cm³/mol. The van der Waals surface area contributed by atoms with E-state index < -0.39 is 0 Å². The number of carbonyl (C=O) groups is 1. The van der Waals surface area contributed by atoms with Crippen LogP contribution in [-0.2, 0) is 4.79 Å². The van der Waals surface area contributed by atoms with E-state index in [2.05, 4.69) is 0 Å². The molecule has 0 aromatic heterocycles. The van der Waals surface area contributed by atoms with Gasteiger partial charge in [-0.1, -0.05) is 6.42 Å². The summed E-state index contributed by atoms with van der Waals surface area (Å²) in [6.45, 7) is 1.01. The van der Waals surface area contributed by atoms with Crippen molar-refractivity contribution in [2.75, 3.05) is 6.54 Å². The maximum atomic E-state index is 10.5. The molecule has 2 atom stereocenters. The SMILES string of the molecule is O=CN1CCC2CCCC21. The molecule has 0 radical (unpaired) electrons. The van der Waals surface area contributed by atoms with Gasteiger partial charge in [-0.2, -0.15) is 0 Å². The number of amides is 1. The second kappa shape index (κ2) is 2.26. The first kappa shape index (κ1) is 6.20. The van der Waals surface area contributed by atoms with Crippen LogP contribution in [0.1, 0.15) is 25.7 Å². The molecule has 2 unspecified atom stereocenters. The Morgan fingerprint density at radius 2 is 2.20 bits per heavy atom. The highest BCUT2D eigenvalue weighted by Crippen LogP contribution is 2.36. The fraction of sp³-hybridized carbons (Fsp3) is 0.875.